The van der Waals surface area contributed by atoms with E-state index in [4.69, 9.17) is 11.5 Å². The zero-order valence-electron chi connectivity index (χ0n) is 13.8. The van der Waals surface area contributed by atoms with Gasteiger partial charge in [-0.3, -0.25) is 0 Å². The molecule has 2 atom stereocenters. The molecule has 0 radical (unpaired) electrons. The van der Waals surface area contributed by atoms with Crippen LogP contribution in [0.5, 0.6) is 0 Å². The average Bonchev–Trinajstić information content (AvgIpc) is 2.99. The number of alkyl halides is 3. The first-order valence-corrected chi connectivity index (χ1v) is 8.86. The molecule has 4 rings (SSSR count). The fourth-order valence-corrected chi connectivity index (χ4v) is 3.98. The summed E-state index contributed by atoms with van der Waals surface area (Å²) in [6.45, 7) is 0. The fraction of sp³-hybridized carbons (Fsp3) is 0.176. The van der Waals surface area contributed by atoms with E-state index < -0.39 is 23.5 Å². The van der Waals surface area contributed by atoms with E-state index in [1.807, 2.05) is 35.2 Å². The van der Waals surface area contributed by atoms with Gasteiger partial charge in [0.25, 0.3) is 0 Å². The number of halogens is 3. The van der Waals surface area contributed by atoms with E-state index >= 15 is 0 Å². The minimum atomic E-state index is -4.49. The van der Waals surface area contributed by atoms with Crippen LogP contribution in [0, 0.1) is 0 Å². The first kappa shape index (κ1) is 17.8. The van der Waals surface area contributed by atoms with Gasteiger partial charge in [-0.25, -0.2) is 9.98 Å². The van der Waals surface area contributed by atoms with Gasteiger partial charge in [0.15, 0.2) is 0 Å². The maximum atomic E-state index is 12.7. The molecule has 0 aliphatic carbocycles. The summed E-state index contributed by atoms with van der Waals surface area (Å²) < 4.78 is 38.2. The van der Waals surface area contributed by atoms with Gasteiger partial charge in [0, 0.05) is 5.69 Å². The maximum Gasteiger partial charge on any atom is 0.433 e. The summed E-state index contributed by atoms with van der Waals surface area (Å²) in [5.74, 6) is 0. The molecule has 0 saturated carbocycles. The monoisotopic (exact) mass is 392 g/mol. The number of nitrogens with two attached hydrogens (primary N) is 2. The van der Waals surface area contributed by atoms with Crippen molar-refractivity contribution in [3.8, 4) is 0 Å². The number of benzene rings is 1. The van der Waals surface area contributed by atoms with Crippen LogP contribution in [0.4, 0.5) is 24.5 Å². The number of pyridine rings is 1. The van der Waals surface area contributed by atoms with Gasteiger partial charge in [-0.15, -0.1) is 0 Å². The Labute approximate surface area is 157 Å². The zero-order chi connectivity index (χ0) is 19.2. The molecule has 2 aliphatic heterocycles. The summed E-state index contributed by atoms with van der Waals surface area (Å²) in [5, 5.41) is 0.690. The number of anilines is 2. The number of rotatable bonds is 2. The van der Waals surface area contributed by atoms with Crippen LogP contribution in [0.15, 0.2) is 64.4 Å². The van der Waals surface area contributed by atoms with Crippen LogP contribution in [-0.2, 0) is 6.18 Å². The Bertz CT molecular complexity index is 897. The minimum Gasteiger partial charge on any atom is -0.314 e. The largest absolute Gasteiger partial charge is 0.433 e. The Kier molecular flexibility index (Phi) is 4.33. The molecule has 0 bridgehead atoms. The van der Waals surface area contributed by atoms with Gasteiger partial charge in [-0.1, -0.05) is 30.0 Å². The molecule has 0 amide bonds. The fourth-order valence-electron chi connectivity index (χ4n) is 2.96. The first-order valence-electron chi connectivity index (χ1n) is 7.98. The number of para-hydroxylation sites is 1. The van der Waals surface area contributed by atoms with Gasteiger partial charge < -0.3 is 21.3 Å². The molecule has 0 spiro atoms. The molecule has 140 valence electrons. The zero-order valence-corrected chi connectivity index (χ0v) is 14.7. The van der Waals surface area contributed by atoms with E-state index in [-0.39, 0.29) is 0 Å². The van der Waals surface area contributed by atoms with Crippen LogP contribution in [0.1, 0.15) is 5.69 Å². The van der Waals surface area contributed by atoms with Crippen molar-refractivity contribution >= 4 is 29.5 Å². The minimum absolute atomic E-state index is 0.397. The molecule has 0 saturated heterocycles. The van der Waals surface area contributed by atoms with Crippen molar-refractivity contribution in [2.75, 3.05) is 9.80 Å². The lowest BCUT2D eigenvalue weighted by molar-refractivity contribution is -0.141. The standard InChI is InChI=1S/C17H15F3N6S/c18-17(19,20)12-7-6-11(8-23-12)25-9-24-15-13(14(25)21)26(16(22)27-15)10-4-2-1-3-5-10/h1-9,14,16H,21-22H2. The predicted molar refractivity (Wildman–Crippen MR) is 99.7 cm³/mol. The van der Waals surface area contributed by atoms with Crippen LogP contribution in [0.25, 0.3) is 0 Å². The third kappa shape index (κ3) is 3.15. The second kappa shape index (κ2) is 6.55. The number of thioether (sulfide) groups is 1. The van der Waals surface area contributed by atoms with Crippen molar-refractivity contribution in [3.05, 3.63) is 65.1 Å². The molecule has 10 heteroatoms. The molecule has 2 aromatic rings. The molecule has 6 nitrogen and oxygen atoms in total. The van der Waals surface area contributed by atoms with Crippen molar-refractivity contribution < 1.29 is 13.2 Å². The Morgan fingerprint density at radius 2 is 1.74 bits per heavy atom. The summed E-state index contributed by atoms with van der Waals surface area (Å²) in [6, 6.07) is 11.7. The molecule has 1 aromatic carbocycles. The third-order valence-corrected chi connectivity index (χ3v) is 5.21. The molecular weight excluding hydrogens is 377 g/mol. The Hall–Kier alpha value is -2.56. The lowest BCUT2D eigenvalue weighted by atomic mass is 10.2. The van der Waals surface area contributed by atoms with Crippen LogP contribution >= 0.6 is 11.8 Å². The maximum absolute atomic E-state index is 12.7. The summed E-state index contributed by atoms with van der Waals surface area (Å²) in [5.41, 5.74) is 13.3. The van der Waals surface area contributed by atoms with Crippen LogP contribution in [-0.4, -0.2) is 23.0 Å². The second-order valence-corrected chi connectivity index (χ2v) is 7.01. The third-order valence-electron chi connectivity index (χ3n) is 4.22. The first-order chi connectivity index (χ1) is 12.9. The van der Waals surface area contributed by atoms with Crippen molar-refractivity contribution in [2.24, 2.45) is 16.5 Å². The van der Waals surface area contributed by atoms with Gasteiger partial charge in [0.05, 0.1) is 23.9 Å². The Balaban J connectivity index is 1.66. The number of aromatic nitrogens is 1. The number of aliphatic imine (C=N–C) groups is 1. The van der Waals surface area contributed by atoms with Crippen molar-refractivity contribution in [1.29, 1.82) is 0 Å². The van der Waals surface area contributed by atoms with Crippen LogP contribution < -0.4 is 21.3 Å². The topological polar surface area (TPSA) is 83.8 Å². The van der Waals surface area contributed by atoms with E-state index in [9.17, 15) is 13.2 Å². The molecule has 1 aromatic heterocycles. The number of nitrogens with zero attached hydrogens (tertiary/aromatic N) is 4. The van der Waals surface area contributed by atoms with Gasteiger partial charge in [-0.2, -0.15) is 13.2 Å². The van der Waals surface area contributed by atoms with E-state index in [0.29, 0.717) is 16.4 Å². The van der Waals surface area contributed by atoms with Gasteiger partial charge >= 0.3 is 6.18 Å². The van der Waals surface area contributed by atoms with Crippen molar-refractivity contribution in [1.82, 2.24) is 4.98 Å². The van der Waals surface area contributed by atoms with E-state index in [1.54, 1.807) is 4.90 Å². The predicted octanol–water partition coefficient (Wildman–Crippen LogP) is 2.90. The summed E-state index contributed by atoms with van der Waals surface area (Å²) in [4.78, 5) is 11.3. The molecule has 3 heterocycles. The highest BCUT2D eigenvalue weighted by atomic mass is 32.2. The number of hydrogen-bond acceptors (Lipinski definition) is 7. The van der Waals surface area contributed by atoms with Gasteiger partial charge in [0.2, 0.25) is 0 Å². The van der Waals surface area contributed by atoms with Crippen LogP contribution in [0.3, 0.4) is 0 Å². The SMILES string of the molecule is NC1C2=C(N=CN1c1ccc(C(F)(F)F)nc1)SC(N)N2c1ccccc1. The molecule has 27 heavy (non-hydrogen) atoms. The highest BCUT2D eigenvalue weighted by Crippen LogP contribution is 2.43. The second-order valence-electron chi connectivity index (χ2n) is 5.90. The molecule has 4 N–H and O–H groups in total. The van der Waals surface area contributed by atoms with E-state index in [1.165, 1.54) is 24.2 Å². The van der Waals surface area contributed by atoms with Crippen molar-refractivity contribution in [3.63, 3.8) is 0 Å². The average molecular weight is 392 g/mol. The van der Waals surface area contributed by atoms with E-state index in [0.717, 1.165) is 18.0 Å². The molecular formula is C17H15F3N6S. The van der Waals surface area contributed by atoms with Crippen molar-refractivity contribution in [2.45, 2.75) is 17.8 Å². The molecule has 0 fully saturated rings. The van der Waals surface area contributed by atoms with Gasteiger partial charge in [0.1, 0.15) is 22.4 Å². The highest BCUT2D eigenvalue weighted by molar-refractivity contribution is 8.04. The normalized spacial score (nSPS) is 22.4. The summed E-state index contributed by atoms with van der Waals surface area (Å²) >= 11 is 1.37. The quantitative estimate of drug-likeness (QED) is 0.818. The van der Waals surface area contributed by atoms with Gasteiger partial charge in [-0.05, 0) is 24.3 Å². The molecule has 2 aliphatic rings. The lowest BCUT2D eigenvalue weighted by Gasteiger charge is -2.35. The highest BCUT2D eigenvalue weighted by Gasteiger charge is 2.39. The van der Waals surface area contributed by atoms with Crippen LogP contribution in [0.2, 0.25) is 0 Å². The summed E-state index contributed by atoms with van der Waals surface area (Å²) in [6.07, 6.45) is -2.54. The smallest absolute Gasteiger partial charge is 0.314 e. The Morgan fingerprint density at radius 3 is 2.37 bits per heavy atom. The number of hydrogen-bond donors (Lipinski definition) is 2. The Morgan fingerprint density at radius 1 is 1.00 bits per heavy atom. The lowest BCUT2D eigenvalue weighted by Crippen LogP contribution is -2.50. The molecule has 2 unspecified atom stereocenters. The van der Waals surface area contributed by atoms with E-state index in [2.05, 4.69) is 9.98 Å². The summed E-state index contributed by atoms with van der Waals surface area (Å²) in [7, 11) is 0.